The van der Waals surface area contributed by atoms with Crippen molar-refractivity contribution in [1.82, 2.24) is 0 Å². The van der Waals surface area contributed by atoms with Gasteiger partial charge in [0, 0.05) is 40.3 Å². The van der Waals surface area contributed by atoms with Crippen LogP contribution in [0.15, 0.2) is 58.5 Å². The standard InChI is InChI=1S/C20H22N2O2.Co.HI/c23-19-11-5-1-7-15(19)13-21-17-9-3-4-10-18(17)22-14-16-8-2-6-12-20(16)24;;/h1-2,5-8,11-14,17-18,23-24H,3-4,9-10H2;;1H/p-1/t17-,18-;;/m1../s1. The van der Waals surface area contributed by atoms with Gasteiger partial charge < -0.3 is 34.2 Å². The first-order valence-electron chi connectivity index (χ1n) is 8.36. The van der Waals surface area contributed by atoms with Gasteiger partial charge in [-0.15, -0.1) is 0 Å². The summed E-state index contributed by atoms with van der Waals surface area (Å²) in [6.45, 7) is 0. The molecule has 0 unspecified atom stereocenters. The van der Waals surface area contributed by atoms with E-state index in [1.807, 2.05) is 24.3 Å². The molecular weight excluding hydrogens is 486 g/mol. The van der Waals surface area contributed by atoms with E-state index < -0.39 is 0 Å². The Hall–Kier alpha value is -1.38. The smallest absolute Gasteiger partial charge is 0.124 e. The molecule has 0 bridgehead atoms. The Labute approximate surface area is 181 Å². The van der Waals surface area contributed by atoms with Crippen molar-refractivity contribution >= 4 is 12.4 Å². The van der Waals surface area contributed by atoms with Crippen LogP contribution in [0.25, 0.3) is 0 Å². The van der Waals surface area contributed by atoms with Gasteiger partial charge in [-0.25, -0.2) is 0 Å². The van der Waals surface area contributed by atoms with Crippen LogP contribution in [0.2, 0.25) is 0 Å². The third kappa shape index (κ3) is 6.10. The number of para-hydroxylation sites is 2. The summed E-state index contributed by atoms with van der Waals surface area (Å²) in [4.78, 5) is 9.34. The number of halogens is 1. The van der Waals surface area contributed by atoms with Crippen molar-refractivity contribution in [2.24, 2.45) is 9.98 Å². The number of hydrogen-bond donors (Lipinski definition) is 2. The molecule has 0 aromatic heterocycles. The van der Waals surface area contributed by atoms with Gasteiger partial charge in [-0.3, -0.25) is 9.98 Å². The van der Waals surface area contributed by atoms with E-state index in [0.29, 0.717) is 0 Å². The number of phenolic OH excluding ortho intramolecular Hbond substituents is 2. The Morgan fingerprint density at radius 3 is 1.50 bits per heavy atom. The van der Waals surface area contributed by atoms with Gasteiger partial charge in [-0.1, -0.05) is 37.1 Å². The SMILES string of the molecule is Oc1ccccc1C=N[C@@H]1CCCC[C@H]1N=Cc1ccccc1O.[Co].[I-]. The topological polar surface area (TPSA) is 65.2 Å². The second-order valence-corrected chi connectivity index (χ2v) is 6.09. The van der Waals surface area contributed by atoms with Crippen LogP contribution < -0.4 is 24.0 Å². The zero-order valence-electron chi connectivity index (χ0n) is 14.3. The van der Waals surface area contributed by atoms with E-state index in [1.54, 1.807) is 36.7 Å². The van der Waals surface area contributed by atoms with E-state index in [9.17, 15) is 10.2 Å². The molecule has 2 atom stereocenters. The van der Waals surface area contributed by atoms with E-state index in [4.69, 9.17) is 0 Å². The van der Waals surface area contributed by atoms with Gasteiger partial charge in [-0.2, -0.15) is 0 Å². The fourth-order valence-electron chi connectivity index (χ4n) is 2.98. The molecule has 0 saturated heterocycles. The molecule has 3 rings (SSSR count). The molecule has 2 N–H and O–H groups in total. The fraction of sp³-hybridized carbons (Fsp3) is 0.300. The minimum absolute atomic E-state index is 0. The van der Waals surface area contributed by atoms with Crippen molar-refractivity contribution in [2.75, 3.05) is 0 Å². The maximum absolute atomic E-state index is 9.84. The molecule has 1 radical (unpaired) electrons. The van der Waals surface area contributed by atoms with Crippen LogP contribution in [0.4, 0.5) is 0 Å². The van der Waals surface area contributed by atoms with Gasteiger partial charge in [0.05, 0.1) is 12.1 Å². The van der Waals surface area contributed by atoms with E-state index in [2.05, 4.69) is 9.98 Å². The van der Waals surface area contributed by atoms with Crippen molar-refractivity contribution in [2.45, 2.75) is 37.8 Å². The number of hydrogen-bond acceptors (Lipinski definition) is 4. The maximum Gasteiger partial charge on any atom is 0.124 e. The molecule has 0 spiro atoms. The molecule has 0 amide bonds. The van der Waals surface area contributed by atoms with Crippen molar-refractivity contribution in [3.05, 3.63) is 59.7 Å². The zero-order chi connectivity index (χ0) is 16.8. The van der Waals surface area contributed by atoms with Crippen LogP contribution in [0.5, 0.6) is 11.5 Å². The van der Waals surface area contributed by atoms with Gasteiger partial charge in [0.25, 0.3) is 0 Å². The van der Waals surface area contributed by atoms with Crippen molar-refractivity contribution in [3.8, 4) is 11.5 Å². The van der Waals surface area contributed by atoms with E-state index in [0.717, 1.165) is 36.8 Å². The first-order chi connectivity index (χ1) is 11.7. The van der Waals surface area contributed by atoms with Gasteiger partial charge in [0.2, 0.25) is 0 Å². The van der Waals surface area contributed by atoms with E-state index >= 15 is 0 Å². The molecule has 0 heterocycles. The minimum Gasteiger partial charge on any atom is -1.00 e. The van der Waals surface area contributed by atoms with Gasteiger partial charge in [-0.05, 0) is 37.1 Å². The summed E-state index contributed by atoms with van der Waals surface area (Å²) < 4.78 is 0. The molecule has 2 aromatic carbocycles. The average molecular weight is 508 g/mol. The normalized spacial score (nSPS) is 19.8. The van der Waals surface area contributed by atoms with Crippen LogP contribution in [0.1, 0.15) is 36.8 Å². The number of rotatable bonds is 4. The monoisotopic (exact) mass is 508 g/mol. The first-order valence-corrected chi connectivity index (χ1v) is 8.36. The van der Waals surface area contributed by atoms with Gasteiger partial charge in [0.15, 0.2) is 0 Å². The summed E-state index contributed by atoms with van der Waals surface area (Å²) in [6, 6.07) is 14.6. The van der Waals surface area contributed by atoms with Crippen LogP contribution in [0, 0.1) is 0 Å². The molecule has 2 aromatic rings. The molecule has 1 saturated carbocycles. The summed E-state index contributed by atoms with van der Waals surface area (Å²) in [6.07, 6.45) is 7.76. The second kappa shape index (κ2) is 11.4. The molecular formula is C20H22CoIN2O2-. The van der Waals surface area contributed by atoms with Crippen LogP contribution in [-0.2, 0) is 16.8 Å². The Kier molecular flexibility index (Phi) is 9.90. The summed E-state index contributed by atoms with van der Waals surface area (Å²) in [5, 5.41) is 19.7. The quantitative estimate of drug-likeness (QED) is 0.478. The molecule has 1 aliphatic rings. The molecule has 4 nitrogen and oxygen atoms in total. The van der Waals surface area contributed by atoms with Gasteiger partial charge >= 0.3 is 0 Å². The first kappa shape index (κ1) is 22.7. The number of aromatic hydroxyl groups is 2. The Morgan fingerprint density at radius 1 is 0.731 bits per heavy atom. The predicted octanol–water partition coefficient (Wildman–Crippen LogP) is 0.948. The number of phenols is 2. The summed E-state index contributed by atoms with van der Waals surface area (Å²) in [5.74, 6) is 0.484. The average Bonchev–Trinajstić information content (AvgIpc) is 2.61. The third-order valence-electron chi connectivity index (χ3n) is 4.38. The van der Waals surface area contributed by atoms with Crippen molar-refractivity contribution in [1.29, 1.82) is 0 Å². The molecule has 141 valence electrons. The van der Waals surface area contributed by atoms with Crippen LogP contribution in [-0.4, -0.2) is 34.7 Å². The van der Waals surface area contributed by atoms with Crippen LogP contribution in [0.3, 0.4) is 0 Å². The molecule has 1 fully saturated rings. The predicted molar refractivity (Wildman–Crippen MR) is 97.4 cm³/mol. The Morgan fingerprint density at radius 2 is 1.12 bits per heavy atom. The third-order valence-corrected chi connectivity index (χ3v) is 4.38. The zero-order valence-corrected chi connectivity index (χ0v) is 17.5. The van der Waals surface area contributed by atoms with E-state index in [-0.39, 0.29) is 64.3 Å². The Balaban J connectivity index is 0.00000169. The molecule has 0 aliphatic heterocycles. The number of aliphatic imine (C=N–C) groups is 2. The van der Waals surface area contributed by atoms with Gasteiger partial charge in [0.1, 0.15) is 11.5 Å². The van der Waals surface area contributed by atoms with Crippen LogP contribution >= 0.6 is 0 Å². The second-order valence-electron chi connectivity index (χ2n) is 6.09. The molecule has 1 aliphatic carbocycles. The molecule has 26 heavy (non-hydrogen) atoms. The summed E-state index contributed by atoms with van der Waals surface area (Å²) in [5.41, 5.74) is 1.46. The number of nitrogens with zero attached hydrogens (tertiary/aromatic N) is 2. The Bertz CT molecular complexity index is 689. The minimum atomic E-state index is 0. The van der Waals surface area contributed by atoms with Crippen molar-refractivity contribution in [3.63, 3.8) is 0 Å². The summed E-state index contributed by atoms with van der Waals surface area (Å²) >= 11 is 0. The number of benzene rings is 2. The van der Waals surface area contributed by atoms with E-state index in [1.165, 1.54) is 0 Å². The maximum atomic E-state index is 9.84. The van der Waals surface area contributed by atoms with Crippen molar-refractivity contribution < 1.29 is 51.0 Å². The largest absolute Gasteiger partial charge is 1.00 e. The molecule has 6 heteroatoms. The fourth-order valence-corrected chi connectivity index (χ4v) is 2.98. The summed E-state index contributed by atoms with van der Waals surface area (Å²) in [7, 11) is 0.